The predicted molar refractivity (Wildman–Crippen MR) is 62.6 cm³/mol. The van der Waals surface area contributed by atoms with Gasteiger partial charge in [-0.1, -0.05) is 25.1 Å². The molecule has 0 saturated heterocycles. The molecule has 0 saturated carbocycles. The molecule has 0 aromatic heterocycles. The molecule has 0 radical (unpaired) electrons. The summed E-state index contributed by atoms with van der Waals surface area (Å²) in [5.41, 5.74) is 6.02. The second-order valence-corrected chi connectivity index (χ2v) is 4.10. The molecule has 1 heterocycles. The highest BCUT2D eigenvalue weighted by Crippen LogP contribution is 2.36. The number of rotatable bonds is 2. The molecule has 1 aromatic carbocycles. The number of benzene rings is 1. The lowest BCUT2D eigenvalue weighted by Gasteiger charge is -2.36. The first-order valence-electron chi connectivity index (χ1n) is 5.40. The van der Waals surface area contributed by atoms with E-state index in [-0.39, 0.29) is 5.82 Å². The molecule has 2 rings (SSSR count). The second-order valence-electron chi connectivity index (χ2n) is 4.10. The third-order valence-electron chi connectivity index (χ3n) is 3.45. The summed E-state index contributed by atoms with van der Waals surface area (Å²) in [6.45, 7) is 2.55. The molecule has 16 heavy (non-hydrogen) atoms. The lowest BCUT2D eigenvalue weighted by Crippen LogP contribution is -2.46. The fourth-order valence-electron chi connectivity index (χ4n) is 2.29. The number of nitrogens with two attached hydrogens (primary N) is 1. The first kappa shape index (κ1) is 10.9. The Bertz CT molecular complexity index is 430. The molecule has 1 atom stereocenters. The standard InChI is InChI=1S/C12H16FN3/c1-3-12(8-15-11(14)16(12)2)9-6-4-5-7-10(9)13/h4-7H,3,8H2,1-2H3,(H2,14,15). The highest BCUT2D eigenvalue weighted by molar-refractivity contribution is 5.81. The average Bonchev–Trinajstić information content (AvgIpc) is 2.58. The van der Waals surface area contributed by atoms with Crippen molar-refractivity contribution in [3.05, 3.63) is 35.6 Å². The molecule has 0 bridgehead atoms. The largest absolute Gasteiger partial charge is 0.370 e. The molecule has 0 fully saturated rings. The summed E-state index contributed by atoms with van der Waals surface area (Å²) < 4.78 is 13.9. The molecule has 4 heteroatoms. The summed E-state index contributed by atoms with van der Waals surface area (Å²) in [7, 11) is 1.86. The molecule has 1 aliphatic rings. The maximum atomic E-state index is 13.9. The van der Waals surface area contributed by atoms with Crippen LogP contribution in [0.5, 0.6) is 0 Å². The first-order chi connectivity index (χ1) is 7.62. The minimum Gasteiger partial charge on any atom is -0.370 e. The zero-order valence-electron chi connectivity index (χ0n) is 9.57. The Labute approximate surface area is 94.8 Å². The summed E-state index contributed by atoms with van der Waals surface area (Å²) in [6, 6.07) is 6.83. The average molecular weight is 221 g/mol. The third kappa shape index (κ3) is 1.37. The van der Waals surface area contributed by atoms with Gasteiger partial charge in [0.25, 0.3) is 0 Å². The molecule has 86 valence electrons. The van der Waals surface area contributed by atoms with Gasteiger partial charge >= 0.3 is 0 Å². The van der Waals surface area contributed by atoms with Gasteiger partial charge in [-0.3, -0.25) is 4.99 Å². The number of nitrogens with zero attached hydrogens (tertiary/aromatic N) is 2. The van der Waals surface area contributed by atoms with Crippen LogP contribution in [0.3, 0.4) is 0 Å². The van der Waals surface area contributed by atoms with Crippen molar-refractivity contribution in [2.24, 2.45) is 10.7 Å². The monoisotopic (exact) mass is 221 g/mol. The smallest absolute Gasteiger partial charge is 0.191 e. The Morgan fingerprint density at radius 3 is 2.69 bits per heavy atom. The summed E-state index contributed by atoms with van der Waals surface area (Å²) in [4.78, 5) is 6.08. The summed E-state index contributed by atoms with van der Waals surface area (Å²) in [5, 5.41) is 0. The van der Waals surface area contributed by atoms with Crippen LogP contribution in [-0.2, 0) is 5.54 Å². The number of likely N-dealkylation sites (N-methyl/N-ethyl adjacent to an activating group) is 1. The van der Waals surface area contributed by atoms with Crippen molar-refractivity contribution in [1.29, 1.82) is 0 Å². The van der Waals surface area contributed by atoms with Gasteiger partial charge in [-0.2, -0.15) is 0 Å². The van der Waals surface area contributed by atoms with Gasteiger partial charge in [-0.05, 0) is 12.5 Å². The molecule has 0 amide bonds. The summed E-state index contributed by atoms with van der Waals surface area (Å²) >= 11 is 0. The number of aliphatic imine (C=N–C) groups is 1. The van der Waals surface area contributed by atoms with E-state index in [9.17, 15) is 4.39 Å². The fraction of sp³-hybridized carbons (Fsp3) is 0.417. The van der Waals surface area contributed by atoms with Gasteiger partial charge in [0.15, 0.2) is 5.96 Å². The van der Waals surface area contributed by atoms with Gasteiger partial charge in [-0.25, -0.2) is 4.39 Å². The number of guanidine groups is 1. The lowest BCUT2D eigenvalue weighted by molar-refractivity contribution is 0.222. The summed E-state index contributed by atoms with van der Waals surface area (Å²) in [6.07, 6.45) is 0.772. The Morgan fingerprint density at radius 2 is 2.19 bits per heavy atom. The van der Waals surface area contributed by atoms with Crippen molar-refractivity contribution in [3.8, 4) is 0 Å². The van der Waals surface area contributed by atoms with Gasteiger partial charge in [0.05, 0.1) is 12.1 Å². The maximum Gasteiger partial charge on any atom is 0.191 e. The van der Waals surface area contributed by atoms with Crippen LogP contribution in [0.25, 0.3) is 0 Å². The van der Waals surface area contributed by atoms with E-state index < -0.39 is 5.54 Å². The van der Waals surface area contributed by atoms with Crippen molar-refractivity contribution in [2.45, 2.75) is 18.9 Å². The van der Waals surface area contributed by atoms with Crippen LogP contribution in [0, 0.1) is 5.82 Å². The summed E-state index contributed by atoms with van der Waals surface area (Å²) in [5.74, 6) is 0.284. The normalized spacial score (nSPS) is 24.7. The number of hydrogen-bond acceptors (Lipinski definition) is 3. The predicted octanol–water partition coefficient (Wildman–Crippen LogP) is 1.69. The van der Waals surface area contributed by atoms with Crippen molar-refractivity contribution in [1.82, 2.24) is 4.90 Å². The topological polar surface area (TPSA) is 41.6 Å². The van der Waals surface area contributed by atoms with Crippen LogP contribution in [0.4, 0.5) is 4.39 Å². The van der Waals surface area contributed by atoms with Crippen molar-refractivity contribution >= 4 is 5.96 Å². The number of hydrogen-bond donors (Lipinski definition) is 1. The second kappa shape index (κ2) is 3.77. The van der Waals surface area contributed by atoms with Gasteiger partial charge in [0.1, 0.15) is 5.82 Å². The third-order valence-corrected chi connectivity index (χ3v) is 3.45. The lowest BCUT2D eigenvalue weighted by atomic mass is 9.86. The number of halogens is 1. The van der Waals surface area contributed by atoms with Gasteiger partial charge in [0, 0.05) is 12.6 Å². The van der Waals surface area contributed by atoms with Gasteiger partial charge in [-0.15, -0.1) is 0 Å². The Morgan fingerprint density at radius 1 is 1.50 bits per heavy atom. The highest BCUT2D eigenvalue weighted by atomic mass is 19.1. The SMILES string of the molecule is CCC1(c2ccccc2F)CN=C(N)N1C. The molecule has 0 spiro atoms. The first-order valence-corrected chi connectivity index (χ1v) is 5.40. The van der Waals surface area contributed by atoms with Gasteiger partial charge < -0.3 is 10.6 Å². The fourth-order valence-corrected chi connectivity index (χ4v) is 2.29. The van der Waals surface area contributed by atoms with E-state index in [0.29, 0.717) is 18.1 Å². The zero-order valence-corrected chi connectivity index (χ0v) is 9.57. The Balaban J connectivity index is 2.49. The Kier molecular flexibility index (Phi) is 2.58. The van der Waals surface area contributed by atoms with E-state index >= 15 is 0 Å². The van der Waals surface area contributed by atoms with Crippen molar-refractivity contribution in [2.75, 3.05) is 13.6 Å². The molecule has 3 nitrogen and oxygen atoms in total. The Hall–Kier alpha value is -1.58. The van der Waals surface area contributed by atoms with Crippen LogP contribution in [0.1, 0.15) is 18.9 Å². The van der Waals surface area contributed by atoms with Gasteiger partial charge in [0.2, 0.25) is 0 Å². The maximum absolute atomic E-state index is 13.9. The van der Waals surface area contributed by atoms with E-state index in [1.807, 2.05) is 31.0 Å². The minimum atomic E-state index is -0.421. The van der Waals surface area contributed by atoms with Crippen molar-refractivity contribution < 1.29 is 4.39 Å². The molecule has 0 aliphatic carbocycles. The quantitative estimate of drug-likeness (QED) is 0.825. The molecule has 1 unspecified atom stereocenters. The van der Waals surface area contributed by atoms with E-state index in [1.54, 1.807) is 6.07 Å². The van der Waals surface area contributed by atoms with Crippen LogP contribution in [-0.4, -0.2) is 24.5 Å². The highest BCUT2D eigenvalue weighted by Gasteiger charge is 2.41. The molecular weight excluding hydrogens is 205 g/mol. The van der Waals surface area contributed by atoms with Crippen LogP contribution >= 0.6 is 0 Å². The molecule has 2 N–H and O–H groups in total. The minimum absolute atomic E-state index is 0.193. The van der Waals surface area contributed by atoms with Crippen LogP contribution in [0.2, 0.25) is 0 Å². The van der Waals surface area contributed by atoms with Crippen LogP contribution < -0.4 is 5.73 Å². The van der Waals surface area contributed by atoms with E-state index in [0.717, 1.165) is 6.42 Å². The molecule has 1 aromatic rings. The molecule has 1 aliphatic heterocycles. The van der Waals surface area contributed by atoms with Crippen molar-refractivity contribution in [3.63, 3.8) is 0 Å². The zero-order chi connectivity index (χ0) is 11.8. The van der Waals surface area contributed by atoms with E-state index in [2.05, 4.69) is 4.99 Å². The van der Waals surface area contributed by atoms with Crippen LogP contribution in [0.15, 0.2) is 29.3 Å². The van der Waals surface area contributed by atoms with E-state index in [1.165, 1.54) is 6.07 Å². The molecular formula is C12H16FN3. The van der Waals surface area contributed by atoms with E-state index in [4.69, 9.17) is 5.73 Å².